The Hall–Kier alpha value is -0.0800. The second-order valence-electron chi connectivity index (χ2n) is 5.59. The largest absolute Gasteiger partial charge is 0.381 e. The zero-order valence-corrected chi connectivity index (χ0v) is 10.1. The molecule has 0 radical (unpaired) electrons. The third kappa shape index (κ3) is 2.54. The molecule has 0 bridgehead atoms. The van der Waals surface area contributed by atoms with Crippen molar-refractivity contribution in [2.75, 3.05) is 26.4 Å². The Balaban J connectivity index is 1.96. The quantitative estimate of drug-likeness (QED) is 0.700. The van der Waals surface area contributed by atoms with E-state index in [0.29, 0.717) is 5.41 Å². The Morgan fingerprint density at radius 2 is 1.07 bits per heavy atom. The van der Waals surface area contributed by atoms with Crippen LogP contribution >= 0.6 is 0 Å². The van der Waals surface area contributed by atoms with Gasteiger partial charge in [0.2, 0.25) is 0 Å². The van der Waals surface area contributed by atoms with E-state index in [1.54, 1.807) is 0 Å². The van der Waals surface area contributed by atoms with Gasteiger partial charge in [-0.05, 0) is 42.9 Å². The van der Waals surface area contributed by atoms with E-state index in [4.69, 9.17) is 9.47 Å². The first-order valence-corrected chi connectivity index (χ1v) is 6.37. The minimum absolute atomic E-state index is 0.480. The fraction of sp³-hybridized carbons (Fsp3) is 1.00. The minimum atomic E-state index is 0.480. The number of hydrogen-bond acceptors (Lipinski definition) is 2. The van der Waals surface area contributed by atoms with Crippen molar-refractivity contribution in [3.8, 4) is 0 Å². The van der Waals surface area contributed by atoms with Gasteiger partial charge < -0.3 is 9.47 Å². The van der Waals surface area contributed by atoms with Crippen molar-refractivity contribution in [1.29, 1.82) is 0 Å². The topological polar surface area (TPSA) is 18.5 Å². The highest BCUT2D eigenvalue weighted by Gasteiger charge is 2.38. The van der Waals surface area contributed by atoms with Crippen molar-refractivity contribution in [3.05, 3.63) is 0 Å². The maximum absolute atomic E-state index is 5.46. The molecule has 2 rings (SSSR count). The van der Waals surface area contributed by atoms with Crippen molar-refractivity contribution in [2.45, 2.75) is 39.5 Å². The number of ether oxygens (including phenoxy) is 2. The summed E-state index contributed by atoms with van der Waals surface area (Å²) in [7, 11) is 0. The van der Waals surface area contributed by atoms with E-state index >= 15 is 0 Å². The third-order valence-electron chi connectivity index (χ3n) is 4.55. The molecule has 0 spiro atoms. The highest BCUT2D eigenvalue weighted by Crippen LogP contribution is 2.44. The van der Waals surface area contributed by atoms with E-state index in [2.05, 4.69) is 13.8 Å². The van der Waals surface area contributed by atoms with Gasteiger partial charge in [0.05, 0.1) is 0 Å². The number of rotatable bonds is 2. The van der Waals surface area contributed by atoms with Gasteiger partial charge in [-0.15, -0.1) is 0 Å². The summed E-state index contributed by atoms with van der Waals surface area (Å²) in [5, 5.41) is 0. The standard InChI is InChI=1S/C13H24O2/c1-13(2,11-3-7-14-8-4-11)12-5-9-15-10-6-12/h11-12H,3-10H2,1-2H3. The molecular formula is C13H24O2. The van der Waals surface area contributed by atoms with Crippen LogP contribution in [0.3, 0.4) is 0 Å². The Labute approximate surface area is 93.3 Å². The third-order valence-corrected chi connectivity index (χ3v) is 4.55. The lowest BCUT2D eigenvalue weighted by atomic mass is 9.64. The van der Waals surface area contributed by atoms with Crippen LogP contribution in [0.5, 0.6) is 0 Å². The Morgan fingerprint density at radius 1 is 0.733 bits per heavy atom. The first-order chi connectivity index (χ1) is 7.21. The molecule has 15 heavy (non-hydrogen) atoms. The molecule has 0 N–H and O–H groups in total. The summed E-state index contributed by atoms with van der Waals surface area (Å²) < 4.78 is 10.9. The fourth-order valence-corrected chi connectivity index (χ4v) is 3.22. The molecule has 0 aromatic rings. The summed E-state index contributed by atoms with van der Waals surface area (Å²) >= 11 is 0. The van der Waals surface area contributed by atoms with Gasteiger partial charge in [0, 0.05) is 26.4 Å². The molecule has 0 atom stereocenters. The molecule has 2 aliphatic rings. The van der Waals surface area contributed by atoms with Gasteiger partial charge in [0.1, 0.15) is 0 Å². The lowest BCUT2D eigenvalue weighted by molar-refractivity contribution is -0.0381. The van der Waals surface area contributed by atoms with Crippen LogP contribution in [0.25, 0.3) is 0 Å². The predicted molar refractivity (Wildman–Crippen MR) is 60.9 cm³/mol. The molecule has 88 valence electrons. The molecule has 2 fully saturated rings. The first-order valence-electron chi connectivity index (χ1n) is 6.37. The van der Waals surface area contributed by atoms with Crippen LogP contribution in [0.1, 0.15) is 39.5 Å². The highest BCUT2D eigenvalue weighted by atomic mass is 16.5. The molecule has 0 aliphatic carbocycles. The molecule has 0 amide bonds. The second-order valence-corrected chi connectivity index (χ2v) is 5.59. The van der Waals surface area contributed by atoms with E-state index < -0.39 is 0 Å². The predicted octanol–water partition coefficient (Wildman–Crippen LogP) is 2.87. The molecule has 0 aromatic heterocycles. The van der Waals surface area contributed by atoms with Gasteiger partial charge in [-0.3, -0.25) is 0 Å². The lowest BCUT2D eigenvalue weighted by Crippen LogP contribution is -2.38. The maximum atomic E-state index is 5.46. The fourth-order valence-electron chi connectivity index (χ4n) is 3.22. The van der Waals surface area contributed by atoms with Gasteiger partial charge in [0.25, 0.3) is 0 Å². The van der Waals surface area contributed by atoms with E-state index in [1.807, 2.05) is 0 Å². The molecule has 2 aliphatic heterocycles. The molecule has 0 unspecified atom stereocenters. The second kappa shape index (κ2) is 4.84. The van der Waals surface area contributed by atoms with Crippen LogP contribution in [-0.4, -0.2) is 26.4 Å². The van der Waals surface area contributed by atoms with Crippen LogP contribution < -0.4 is 0 Å². The molecule has 2 nitrogen and oxygen atoms in total. The van der Waals surface area contributed by atoms with Crippen molar-refractivity contribution >= 4 is 0 Å². The zero-order valence-electron chi connectivity index (χ0n) is 10.1. The maximum Gasteiger partial charge on any atom is 0.0468 e. The Bertz CT molecular complexity index is 169. The normalized spacial score (nSPS) is 26.8. The van der Waals surface area contributed by atoms with E-state index in [9.17, 15) is 0 Å². The molecule has 0 saturated carbocycles. The first kappa shape index (κ1) is 11.4. The van der Waals surface area contributed by atoms with E-state index in [1.165, 1.54) is 25.7 Å². The smallest absolute Gasteiger partial charge is 0.0468 e. The van der Waals surface area contributed by atoms with Gasteiger partial charge in [-0.1, -0.05) is 13.8 Å². The Kier molecular flexibility index (Phi) is 3.68. The van der Waals surface area contributed by atoms with Crippen LogP contribution in [0.2, 0.25) is 0 Å². The molecule has 2 heterocycles. The van der Waals surface area contributed by atoms with Gasteiger partial charge in [-0.2, -0.15) is 0 Å². The molecular weight excluding hydrogens is 188 g/mol. The van der Waals surface area contributed by atoms with Crippen LogP contribution in [-0.2, 0) is 9.47 Å². The summed E-state index contributed by atoms with van der Waals surface area (Å²) in [5.74, 6) is 1.71. The van der Waals surface area contributed by atoms with Crippen molar-refractivity contribution < 1.29 is 9.47 Å². The Morgan fingerprint density at radius 3 is 1.40 bits per heavy atom. The van der Waals surface area contributed by atoms with Crippen molar-refractivity contribution in [3.63, 3.8) is 0 Å². The molecule has 2 saturated heterocycles. The van der Waals surface area contributed by atoms with Crippen LogP contribution in [0, 0.1) is 17.3 Å². The zero-order chi connectivity index (χ0) is 10.7. The summed E-state index contributed by atoms with van der Waals surface area (Å²) in [6.45, 7) is 8.79. The molecule has 2 heteroatoms. The average molecular weight is 212 g/mol. The summed E-state index contributed by atoms with van der Waals surface area (Å²) in [6, 6.07) is 0. The summed E-state index contributed by atoms with van der Waals surface area (Å²) in [4.78, 5) is 0. The van der Waals surface area contributed by atoms with E-state index in [0.717, 1.165) is 38.3 Å². The van der Waals surface area contributed by atoms with Crippen LogP contribution in [0.15, 0.2) is 0 Å². The monoisotopic (exact) mass is 212 g/mol. The minimum Gasteiger partial charge on any atom is -0.381 e. The van der Waals surface area contributed by atoms with E-state index in [-0.39, 0.29) is 0 Å². The molecule has 0 aromatic carbocycles. The van der Waals surface area contributed by atoms with Crippen molar-refractivity contribution in [2.24, 2.45) is 17.3 Å². The van der Waals surface area contributed by atoms with Gasteiger partial charge in [0.15, 0.2) is 0 Å². The SMILES string of the molecule is CC(C)(C1CCOCC1)C1CCOCC1. The summed E-state index contributed by atoms with van der Waals surface area (Å²) in [6.07, 6.45) is 5.02. The number of hydrogen-bond donors (Lipinski definition) is 0. The summed E-state index contributed by atoms with van der Waals surface area (Å²) in [5.41, 5.74) is 0.480. The lowest BCUT2D eigenvalue weighted by Gasteiger charge is -2.44. The highest BCUT2D eigenvalue weighted by molar-refractivity contribution is 4.87. The van der Waals surface area contributed by atoms with Crippen LogP contribution in [0.4, 0.5) is 0 Å². The average Bonchev–Trinajstić information content (AvgIpc) is 2.31. The van der Waals surface area contributed by atoms with Gasteiger partial charge >= 0.3 is 0 Å². The van der Waals surface area contributed by atoms with Gasteiger partial charge in [-0.25, -0.2) is 0 Å². The van der Waals surface area contributed by atoms with Crippen molar-refractivity contribution in [1.82, 2.24) is 0 Å².